The van der Waals surface area contributed by atoms with E-state index in [4.69, 9.17) is 5.73 Å². The molecule has 0 aromatic heterocycles. The zero-order chi connectivity index (χ0) is 12.1. The summed E-state index contributed by atoms with van der Waals surface area (Å²) < 4.78 is 38.9. The van der Waals surface area contributed by atoms with Crippen LogP contribution >= 0.6 is 0 Å². The van der Waals surface area contributed by atoms with Gasteiger partial charge < -0.3 is 5.73 Å². The van der Waals surface area contributed by atoms with Crippen LogP contribution in [0.2, 0.25) is 0 Å². The van der Waals surface area contributed by atoms with E-state index in [0.29, 0.717) is 12.5 Å². The third kappa shape index (κ3) is 3.23. The second kappa shape index (κ2) is 5.89. The van der Waals surface area contributed by atoms with Crippen LogP contribution in [0, 0.1) is 17.5 Å². The molecule has 90 valence electrons. The quantitative estimate of drug-likeness (QED) is 0.607. The lowest BCUT2D eigenvalue weighted by atomic mass is 10.0. The van der Waals surface area contributed by atoms with Crippen LogP contribution in [0.15, 0.2) is 12.1 Å². The third-order valence-electron chi connectivity index (χ3n) is 2.56. The van der Waals surface area contributed by atoms with Gasteiger partial charge in [0.15, 0.2) is 11.6 Å². The number of nitrogens with two attached hydrogens (primary N) is 1. The first-order chi connectivity index (χ1) is 7.56. The van der Waals surface area contributed by atoms with Crippen LogP contribution in [-0.4, -0.2) is 0 Å². The minimum Gasteiger partial charge on any atom is -0.324 e. The number of rotatable bonds is 5. The zero-order valence-electron chi connectivity index (χ0n) is 9.27. The van der Waals surface area contributed by atoms with Gasteiger partial charge in [-0.3, -0.25) is 0 Å². The highest BCUT2D eigenvalue weighted by molar-refractivity contribution is 5.23. The van der Waals surface area contributed by atoms with Gasteiger partial charge in [0, 0.05) is 17.7 Å². The molecule has 0 fully saturated rings. The van der Waals surface area contributed by atoms with Crippen LogP contribution in [0.5, 0.6) is 0 Å². The summed E-state index contributed by atoms with van der Waals surface area (Å²) in [5.74, 6) is -3.01. The Bertz CT molecular complexity index is 352. The Morgan fingerprint density at radius 1 is 1.06 bits per heavy atom. The van der Waals surface area contributed by atoms with Crippen molar-refractivity contribution < 1.29 is 13.2 Å². The van der Waals surface area contributed by atoms with Crippen molar-refractivity contribution in [2.24, 2.45) is 5.73 Å². The smallest absolute Gasteiger partial charge is 0.161 e. The summed E-state index contributed by atoms with van der Waals surface area (Å²) in [4.78, 5) is 0. The molecule has 0 aliphatic heterocycles. The summed E-state index contributed by atoms with van der Waals surface area (Å²) in [7, 11) is 0. The lowest BCUT2D eigenvalue weighted by Crippen LogP contribution is -2.13. The Balaban J connectivity index is 2.75. The SMILES string of the molecule is CCCCC[C@H](N)c1cc(F)c(F)cc1F. The van der Waals surface area contributed by atoms with E-state index in [1.54, 1.807) is 0 Å². The lowest BCUT2D eigenvalue weighted by molar-refractivity contribution is 0.478. The molecule has 4 heteroatoms. The van der Waals surface area contributed by atoms with E-state index >= 15 is 0 Å². The zero-order valence-corrected chi connectivity index (χ0v) is 9.27. The molecule has 0 amide bonds. The molecule has 0 unspecified atom stereocenters. The highest BCUT2D eigenvalue weighted by atomic mass is 19.2. The maximum Gasteiger partial charge on any atom is 0.161 e. The Kier molecular flexibility index (Phi) is 4.80. The van der Waals surface area contributed by atoms with Crippen molar-refractivity contribution >= 4 is 0 Å². The minimum absolute atomic E-state index is 0.0509. The van der Waals surface area contributed by atoms with Crippen molar-refractivity contribution in [2.45, 2.75) is 38.6 Å². The largest absolute Gasteiger partial charge is 0.324 e. The van der Waals surface area contributed by atoms with E-state index in [0.717, 1.165) is 25.3 Å². The number of unbranched alkanes of at least 4 members (excludes halogenated alkanes) is 2. The van der Waals surface area contributed by atoms with Gasteiger partial charge in [-0.2, -0.15) is 0 Å². The van der Waals surface area contributed by atoms with Crippen molar-refractivity contribution in [3.8, 4) is 0 Å². The first kappa shape index (κ1) is 13.0. The van der Waals surface area contributed by atoms with Crippen LogP contribution < -0.4 is 5.73 Å². The molecule has 1 atom stereocenters. The van der Waals surface area contributed by atoms with Crippen LogP contribution in [0.25, 0.3) is 0 Å². The molecule has 1 aromatic rings. The molecule has 1 rings (SSSR count). The molecule has 0 spiro atoms. The van der Waals surface area contributed by atoms with E-state index in [-0.39, 0.29) is 5.56 Å². The first-order valence-corrected chi connectivity index (χ1v) is 5.46. The Morgan fingerprint density at radius 3 is 2.31 bits per heavy atom. The number of hydrogen-bond donors (Lipinski definition) is 1. The maximum absolute atomic E-state index is 13.3. The summed E-state index contributed by atoms with van der Waals surface area (Å²) >= 11 is 0. The fourth-order valence-corrected chi connectivity index (χ4v) is 1.59. The molecule has 0 heterocycles. The van der Waals surface area contributed by atoms with Gasteiger partial charge in [-0.25, -0.2) is 13.2 Å². The monoisotopic (exact) mass is 231 g/mol. The Hall–Kier alpha value is -1.03. The molecule has 1 nitrogen and oxygen atoms in total. The summed E-state index contributed by atoms with van der Waals surface area (Å²) in [6.07, 6.45) is 3.47. The number of benzene rings is 1. The van der Waals surface area contributed by atoms with Gasteiger partial charge in [-0.15, -0.1) is 0 Å². The molecule has 0 bridgehead atoms. The van der Waals surface area contributed by atoms with Gasteiger partial charge in [-0.05, 0) is 12.5 Å². The molecular weight excluding hydrogens is 215 g/mol. The molecule has 16 heavy (non-hydrogen) atoms. The van der Waals surface area contributed by atoms with Crippen molar-refractivity contribution in [3.63, 3.8) is 0 Å². The normalized spacial score (nSPS) is 12.8. The van der Waals surface area contributed by atoms with Crippen molar-refractivity contribution in [3.05, 3.63) is 35.1 Å². The van der Waals surface area contributed by atoms with Gasteiger partial charge in [0.2, 0.25) is 0 Å². The highest BCUT2D eigenvalue weighted by Crippen LogP contribution is 2.22. The third-order valence-corrected chi connectivity index (χ3v) is 2.56. The average Bonchev–Trinajstić information content (AvgIpc) is 2.23. The van der Waals surface area contributed by atoms with Gasteiger partial charge in [0.25, 0.3) is 0 Å². The molecule has 1 aromatic carbocycles. The van der Waals surface area contributed by atoms with Gasteiger partial charge in [-0.1, -0.05) is 26.2 Å². The van der Waals surface area contributed by atoms with Crippen LogP contribution in [0.3, 0.4) is 0 Å². The topological polar surface area (TPSA) is 26.0 Å². The van der Waals surface area contributed by atoms with E-state index in [2.05, 4.69) is 0 Å². The minimum atomic E-state index is -1.18. The Morgan fingerprint density at radius 2 is 1.69 bits per heavy atom. The fourth-order valence-electron chi connectivity index (χ4n) is 1.59. The summed E-state index contributed by atoms with van der Waals surface area (Å²) in [6.45, 7) is 2.05. The number of hydrogen-bond acceptors (Lipinski definition) is 1. The molecule has 0 aliphatic rings. The highest BCUT2D eigenvalue weighted by Gasteiger charge is 2.15. The summed E-state index contributed by atoms with van der Waals surface area (Å²) in [5, 5.41) is 0. The molecule has 0 aliphatic carbocycles. The summed E-state index contributed by atoms with van der Waals surface area (Å²) in [5.41, 5.74) is 5.78. The van der Waals surface area contributed by atoms with Gasteiger partial charge in [0.1, 0.15) is 5.82 Å². The fraction of sp³-hybridized carbons (Fsp3) is 0.500. The molecule has 0 saturated heterocycles. The second-order valence-electron chi connectivity index (χ2n) is 3.89. The van der Waals surface area contributed by atoms with Crippen molar-refractivity contribution in [1.82, 2.24) is 0 Å². The van der Waals surface area contributed by atoms with Crippen LogP contribution in [-0.2, 0) is 0 Å². The second-order valence-corrected chi connectivity index (χ2v) is 3.89. The summed E-state index contributed by atoms with van der Waals surface area (Å²) in [6, 6.07) is 0.827. The molecular formula is C12H16F3N. The molecule has 0 radical (unpaired) electrons. The van der Waals surface area contributed by atoms with Gasteiger partial charge in [0.05, 0.1) is 0 Å². The Labute approximate surface area is 93.5 Å². The standard InChI is InChI=1S/C12H16F3N/c1-2-3-4-5-12(16)8-6-10(14)11(15)7-9(8)13/h6-7,12H,2-5,16H2,1H3/t12-/m0/s1. The van der Waals surface area contributed by atoms with Crippen LogP contribution in [0.1, 0.15) is 44.2 Å². The van der Waals surface area contributed by atoms with Crippen molar-refractivity contribution in [2.75, 3.05) is 0 Å². The predicted octanol–water partition coefficient (Wildman–Crippen LogP) is 3.68. The van der Waals surface area contributed by atoms with Crippen LogP contribution in [0.4, 0.5) is 13.2 Å². The van der Waals surface area contributed by atoms with Crippen molar-refractivity contribution in [1.29, 1.82) is 0 Å². The van der Waals surface area contributed by atoms with E-state index in [1.165, 1.54) is 0 Å². The molecule has 0 saturated carbocycles. The average molecular weight is 231 g/mol. The lowest BCUT2D eigenvalue weighted by Gasteiger charge is -2.13. The maximum atomic E-state index is 13.3. The predicted molar refractivity (Wildman–Crippen MR) is 57.4 cm³/mol. The number of halogens is 3. The first-order valence-electron chi connectivity index (χ1n) is 5.46. The van der Waals surface area contributed by atoms with E-state index in [1.807, 2.05) is 6.92 Å². The van der Waals surface area contributed by atoms with E-state index < -0.39 is 23.5 Å². The van der Waals surface area contributed by atoms with Gasteiger partial charge >= 0.3 is 0 Å². The molecule has 2 N–H and O–H groups in total. The van der Waals surface area contributed by atoms with E-state index in [9.17, 15) is 13.2 Å².